The Hall–Kier alpha value is -1.43. The van der Waals surface area contributed by atoms with Gasteiger partial charge in [0.15, 0.2) is 0 Å². The van der Waals surface area contributed by atoms with Gasteiger partial charge in [-0.3, -0.25) is 14.6 Å². The van der Waals surface area contributed by atoms with Gasteiger partial charge >= 0.3 is 0 Å². The molecule has 0 aliphatic carbocycles. The highest BCUT2D eigenvalue weighted by atomic mass is 16.3. The Morgan fingerprint density at radius 1 is 1.18 bits per heavy atom. The molecule has 5 nitrogen and oxygen atoms in total. The second kappa shape index (κ2) is 8.88. The molecular weight excluding hydrogens is 278 g/mol. The summed E-state index contributed by atoms with van der Waals surface area (Å²) in [5, 5.41) is 11.8. The van der Waals surface area contributed by atoms with Crippen molar-refractivity contribution < 1.29 is 9.90 Å². The Morgan fingerprint density at radius 2 is 1.82 bits per heavy atom. The summed E-state index contributed by atoms with van der Waals surface area (Å²) < 4.78 is 0. The normalized spacial score (nSPS) is 18.1. The number of carbonyl (C=O) groups excluding carboxylic acids is 1. The van der Waals surface area contributed by atoms with E-state index in [1.807, 2.05) is 13.0 Å². The van der Waals surface area contributed by atoms with Crippen LogP contribution in [0.3, 0.4) is 0 Å². The van der Waals surface area contributed by atoms with Crippen molar-refractivity contribution in [3.8, 4) is 0 Å². The molecule has 1 heterocycles. The van der Waals surface area contributed by atoms with Crippen LogP contribution in [0.25, 0.3) is 0 Å². The number of benzene rings is 1. The van der Waals surface area contributed by atoms with E-state index in [1.165, 1.54) is 5.56 Å². The van der Waals surface area contributed by atoms with E-state index in [0.29, 0.717) is 13.1 Å². The standard InChI is InChI=1S/C17H27N3O2/c1-15(14-21)11-18-17(22)13-20-9-7-19(8-10-20)12-16-5-3-2-4-6-16/h2-6,15,21H,7-14H2,1H3,(H,18,22). The number of hydrogen-bond donors (Lipinski definition) is 2. The SMILES string of the molecule is CC(CO)CNC(=O)CN1CCN(Cc2ccccc2)CC1. The average Bonchev–Trinajstić information content (AvgIpc) is 2.55. The van der Waals surface area contributed by atoms with Crippen LogP contribution in [0.5, 0.6) is 0 Å². The summed E-state index contributed by atoms with van der Waals surface area (Å²) in [6.07, 6.45) is 0. The van der Waals surface area contributed by atoms with Crippen molar-refractivity contribution in [1.29, 1.82) is 0 Å². The van der Waals surface area contributed by atoms with E-state index < -0.39 is 0 Å². The molecule has 1 aromatic rings. The molecule has 1 amide bonds. The van der Waals surface area contributed by atoms with Crippen LogP contribution < -0.4 is 5.32 Å². The van der Waals surface area contributed by atoms with E-state index in [-0.39, 0.29) is 18.4 Å². The largest absolute Gasteiger partial charge is 0.396 e. The zero-order valence-electron chi connectivity index (χ0n) is 13.4. The Morgan fingerprint density at radius 3 is 2.45 bits per heavy atom. The molecule has 1 unspecified atom stereocenters. The molecule has 0 radical (unpaired) electrons. The van der Waals surface area contributed by atoms with Crippen LogP contribution in [-0.4, -0.2) is 66.7 Å². The molecule has 0 aromatic heterocycles. The first-order valence-corrected chi connectivity index (χ1v) is 8.03. The maximum absolute atomic E-state index is 11.9. The third-order valence-corrected chi connectivity index (χ3v) is 4.04. The van der Waals surface area contributed by atoms with Crippen LogP contribution in [0.4, 0.5) is 0 Å². The van der Waals surface area contributed by atoms with Crippen molar-refractivity contribution >= 4 is 5.91 Å². The maximum Gasteiger partial charge on any atom is 0.234 e. The minimum atomic E-state index is 0.0526. The van der Waals surface area contributed by atoms with Crippen molar-refractivity contribution in [3.05, 3.63) is 35.9 Å². The van der Waals surface area contributed by atoms with Gasteiger partial charge in [-0.05, 0) is 11.5 Å². The number of piperazine rings is 1. The summed E-state index contributed by atoms with van der Waals surface area (Å²) in [6.45, 7) is 7.85. The number of aliphatic hydroxyl groups excluding tert-OH is 1. The molecule has 2 N–H and O–H groups in total. The summed E-state index contributed by atoms with van der Waals surface area (Å²) in [7, 11) is 0. The highest BCUT2D eigenvalue weighted by Crippen LogP contribution is 2.08. The predicted octanol–water partition coefficient (Wildman–Crippen LogP) is 0.549. The monoisotopic (exact) mass is 305 g/mol. The molecule has 1 aliphatic heterocycles. The van der Waals surface area contributed by atoms with Gasteiger partial charge in [0.25, 0.3) is 0 Å². The second-order valence-electron chi connectivity index (χ2n) is 6.13. The van der Waals surface area contributed by atoms with Gasteiger partial charge in [-0.25, -0.2) is 0 Å². The summed E-state index contributed by atoms with van der Waals surface area (Å²) >= 11 is 0. The molecule has 0 bridgehead atoms. The number of amides is 1. The van der Waals surface area contributed by atoms with Gasteiger partial charge in [0.1, 0.15) is 0 Å². The van der Waals surface area contributed by atoms with Gasteiger partial charge in [0, 0.05) is 45.9 Å². The number of aliphatic hydroxyl groups is 1. The molecule has 1 aromatic carbocycles. The molecule has 1 atom stereocenters. The van der Waals surface area contributed by atoms with E-state index in [0.717, 1.165) is 32.7 Å². The van der Waals surface area contributed by atoms with Crippen molar-refractivity contribution in [1.82, 2.24) is 15.1 Å². The molecule has 1 saturated heterocycles. The van der Waals surface area contributed by atoms with Gasteiger partial charge in [-0.2, -0.15) is 0 Å². The van der Waals surface area contributed by atoms with E-state index in [1.54, 1.807) is 0 Å². The number of nitrogens with one attached hydrogen (secondary N) is 1. The zero-order valence-corrected chi connectivity index (χ0v) is 13.4. The Kier molecular flexibility index (Phi) is 6.83. The van der Waals surface area contributed by atoms with Crippen LogP contribution in [0, 0.1) is 5.92 Å². The molecule has 122 valence electrons. The fourth-order valence-corrected chi connectivity index (χ4v) is 2.56. The van der Waals surface area contributed by atoms with Crippen LogP contribution >= 0.6 is 0 Å². The highest BCUT2D eigenvalue weighted by molar-refractivity contribution is 5.78. The smallest absolute Gasteiger partial charge is 0.234 e. The minimum Gasteiger partial charge on any atom is -0.396 e. The number of hydrogen-bond acceptors (Lipinski definition) is 4. The lowest BCUT2D eigenvalue weighted by molar-refractivity contribution is -0.122. The molecule has 5 heteroatoms. The van der Waals surface area contributed by atoms with Crippen LogP contribution in [0.15, 0.2) is 30.3 Å². The van der Waals surface area contributed by atoms with Gasteiger partial charge in [0.05, 0.1) is 6.54 Å². The Labute approximate surface area is 132 Å². The summed E-state index contributed by atoms with van der Waals surface area (Å²) in [5.74, 6) is 0.170. The number of carbonyl (C=O) groups is 1. The summed E-state index contributed by atoms with van der Waals surface area (Å²) in [5.41, 5.74) is 1.34. The van der Waals surface area contributed by atoms with Crippen molar-refractivity contribution in [2.45, 2.75) is 13.5 Å². The fourth-order valence-electron chi connectivity index (χ4n) is 2.56. The third-order valence-electron chi connectivity index (χ3n) is 4.04. The first-order chi connectivity index (χ1) is 10.7. The average molecular weight is 305 g/mol. The quantitative estimate of drug-likeness (QED) is 0.772. The molecule has 22 heavy (non-hydrogen) atoms. The fraction of sp³-hybridized carbons (Fsp3) is 0.588. The molecular formula is C17H27N3O2. The summed E-state index contributed by atoms with van der Waals surface area (Å²) in [4.78, 5) is 16.5. The van der Waals surface area contributed by atoms with Gasteiger partial charge < -0.3 is 10.4 Å². The van der Waals surface area contributed by atoms with E-state index in [2.05, 4.69) is 39.4 Å². The van der Waals surface area contributed by atoms with Crippen molar-refractivity contribution in [2.75, 3.05) is 45.9 Å². The van der Waals surface area contributed by atoms with Crippen molar-refractivity contribution in [3.63, 3.8) is 0 Å². The van der Waals surface area contributed by atoms with Crippen LogP contribution in [0.2, 0.25) is 0 Å². The maximum atomic E-state index is 11.9. The third kappa shape index (κ3) is 5.75. The van der Waals surface area contributed by atoms with E-state index in [9.17, 15) is 4.79 Å². The molecule has 2 rings (SSSR count). The molecule has 0 spiro atoms. The van der Waals surface area contributed by atoms with Gasteiger partial charge in [-0.1, -0.05) is 37.3 Å². The lowest BCUT2D eigenvalue weighted by atomic mass is 10.2. The molecule has 1 aliphatic rings. The van der Waals surface area contributed by atoms with Crippen LogP contribution in [-0.2, 0) is 11.3 Å². The van der Waals surface area contributed by atoms with Gasteiger partial charge in [-0.15, -0.1) is 0 Å². The highest BCUT2D eigenvalue weighted by Gasteiger charge is 2.19. The van der Waals surface area contributed by atoms with Crippen LogP contribution in [0.1, 0.15) is 12.5 Å². The Bertz CT molecular complexity index is 444. The summed E-state index contributed by atoms with van der Waals surface area (Å²) in [6, 6.07) is 10.5. The first kappa shape index (κ1) is 16.9. The van der Waals surface area contributed by atoms with E-state index >= 15 is 0 Å². The predicted molar refractivity (Wildman–Crippen MR) is 87.4 cm³/mol. The lowest BCUT2D eigenvalue weighted by Gasteiger charge is -2.34. The zero-order chi connectivity index (χ0) is 15.8. The van der Waals surface area contributed by atoms with Gasteiger partial charge in [0.2, 0.25) is 5.91 Å². The van der Waals surface area contributed by atoms with Crippen molar-refractivity contribution in [2.24, 2.45) is 5.92 Å². The van der Waals surface area contributed by atoms with E-state index in [4.69, 9.17) is 5.11 Å². The lowest BCUT2D eigenvalue weighted by Crippen LogP contribution is -2.49. The Balaban J connectivity index is 1.65. The number of rotatable bonds is 7. The molecule has 0 saturated carbocycles. The minimum absolute atomic E-state index is 0.0526. The molecule has 1 fully saturated rings. The second-order valence-corrected chi connectivity index (χ2v) is 6.13. The topological polar surface area (TPSA) is 55.8 Å². The first-order valence-electron chi connectivity index (χ1n) is 8.03. The number of nitrogens with zero attached hydrogens (tertiary/aromatic N) is 2.